The van der Waals surface area contributed by atoms with Gasteiger partial charge in [-0.2, -0.15) is 0 Å². The van der Waals surface area contributed by atoms with E-state index in [0.29, 0.717) is 5.41 Å². The first kappa shape index (κ1) is 12.7. The molecule has 94 valence electrons. The topological polar surface area (TPSA) is 46.2 Å². The summed E-state index contributed by atoms with van der Waals surface area (Å²) in [7, 11) is 0. The quantitative estimate of drug-likeness (QED) is 0.785. The molecular formula is C13H24ClNO. The summed E-state index contributed by atoms with van der Waals surface area (Å²) in [6.07, 6.45) is 7.91. The van der Waals surface area contributed by atoms with Gasteiger partial charge in [-0.25, -0.2) is 0 Å². The number of aliphatic hydroxyl groups is 1. The van der Waals surface area contributed by atoms with E-state index in [9.17, 15) is 5.11 Å². The third-order valence-corrected chi connectivity index (χ3v) is 5.31. The Labute approximate surface area is 104 Å². The molecule has 0 spiro atoms. The van der Waals surface area contributed by atoms with Crippen molar-refractivity contribution in [3.8, 4) is 0 Å². The van der Waals surface area contributed by atoms with Crippen LogP contribution in [0.4, 0.5) is 0 Å². The Morgan fingerprint density at radius 2 is 1.44 bits per heavy atom. The van der Waals surface area contributed by atoms with Crippen LogP contribution in [0.3, 0.4) is 0 Å². The Morgan fingerprint density at radius 1 is 1.06 bits per heavy atom. The van der Waals surface area contributed by atoms with Crippen molar-refractivity contribution in [2.24, 2.45) is 28.9 Å². The SMILES string of the molecule is CC(O)C(N)C12CC3CC(CC(C3)C1)C2.Cl. The van der Waals surface area contributed by atoms with Crippen molar-refractivity contribution in [1.29, 1.82) is 0 Å². The van der Waals surface area contributed by atoms with E-state index in [0.717, 1.165) is 17.8 Å². The van der Waals surface area contributed by atoms with Crippen molar-refractivity contribution < 1.29 is 5.11 Å². The maximum atomic E-state index is 9.76. The minimum absolute atomic E-state index is 0. The summed E-state index contributed by atoms with van der Waals surface area (Å²) in [6.45, 7) is 1.86. The summed E-state index contributed by atoms with van der Waals surface area (Å²) >= 11 is 0. The molecule has 4 aliphatic rings. The average molecular weight is 246 g/mol. The predicted octanol–water partition coefficient (Wildman–Crippen LogP) is 2.33. The van der Waals surface area contributed by atoms with Crippen molar-refractivity contribution in [2.75, 3.05) is 0 Å². The zero-order chi connectivity index (χ0) is 10.6. The monoisotopic (exact) mass is 245 g/mol. The Morgan fingerprint density at radius 3 is 1.75 bits per heavy atom. The molecule has 4 saturated carbocycles. The summed E-state index contributed by atoms with van der Waals surface area (Å²) in [5.74, 6) is 2.79. The summed E-state index contributed by atoms with van der Waals surface area (Å²) in [5.41, 5.74) is 6.57. The van der Waals surface area contributed by atoms with Crippen LogP contribution in [-0.2, 0) is 0 Å². The molecular weight excluding hydrogens is 222 g/mol. The zero-order valence-electron chi connectivity index (χ0n) is 10.1. The van der Waals surface area contributed by atoms with Crippen LogP contribution in [0, 0.1) is 23.2 Å². The van der Waals surface area contributed by atoms with Crippen LogP contribution in [0.15, 0.2) is 0 Å². The van der Waals surface area contributed by atoms with Crippen molar-refractivity contribution in [1.82, 2.24) is 0 Å². The zero-order valence-corrected chi connectivity index (χ0v) is 10.9. The predicted molar refractivity (Wildman–Crippen MR) is 67.5 cm³/mol. The molecule has 2 unspecified atom stereocenters. The van der Waals surface area contributed by atoms with Gasteiger partial charge in [0.25, 0.3) is 0 Å². The van der Waals surface area contributed by atoms with Crippen molar-refractivity contribution >= 4 is 12.4 Å². The number of hydrogen-bond acceptors (Lipinski definition) is 2. The number of halogens is 1. The van der Waals surface area contributed by atoms with Crippen LogP contribution in [0.2, 0.25) is 0 Å². The molecule has 0 aromatic rings. The van der Waals surface area contributed by atoms with Crippen LogP contribution in [0.1, 0.15) is 45.4 Å². The molecule has 4 fully saturated rings. The smallest absolute Gasteiger partial charge is 0.0668 e. The highest BCUT2D eigenvalue weighted by Gasteiger charge is 2.54. The Bertz CT molecular complexity index is 231. The van der Waals surface area contributed by atoms with E-state index in [-0.39, 0.29) is 24.6 Å². The van der Waals surface area contributed by atoms with Crippen LogP contribution >= 0.6 is 12.4 Å². The van der Waals surface area contributed by atoms with E-state index in [2.05, 4.69) is 0 Å². The van der Waals surface area contributed by atoms with Gasteiger partial charge < -0.3 is 10.8 Å². The molecule has 2 nitrogen and oxygen atoms in total. The molecule has 3 N–H and O–H groups in total. The lowest BCUT2D eigenvalue weighted by molar-refractivity contribution is -0.0864. The number of rotatable bonds is 2. The van der Waals surface area contributed by atoms with Crippen LogP contribution in [0.5, 0.6) is 0 Å². The van der Waals surface area contributed by atoms with Gasteiger partial charge in [-0.15, -0.1) is 12.4 Å². The lowest BCUT2D eigenvalue weighted by atomic mass is 9.47. The van der Waals surface area contributed by atoms with Gasteiger partial charge in [0, 0.05) is 6.04 Å². The number of aliphatic hydroxyl groups excluding tert-OH is 1. The van der Waals surface area contributed by atoms with Gasteiger partial charge in [0.2, 0.25) is 0 Å². The third-order valence-electron chi connectivity index (χ3n) is 5.31. The van der Waals surface area contributed by atoms with Gasteiger partial charge in [-0.1, -0.05) is 0 Å². The van der Waals surface area contributed by atoms with E-state index in [4.69, 9.17) is 5.73 Å². The molecule has 4 aliphatic carbocycles. The minimum Gasteiger partial charge on any atom is -0.392 e. The third kappa shape index (κ3) is 1.79. The maximum Gasteiger partial charge on any atom is 0.0668 e. The van der Waals surface area contributed by atoms with Crippen LogP contribution < -0.4 is 5.73 Å². The van der Waals surface area contributed by atoms with Crippen molar-refractivity contribution in [3.63, 3.8) is 0 Å². The Balaban J connectivity index is 0.000000963. The summed E-state index contributed by atoms with van der Waals surface area (Å²) in [5, 5.41) is 9.76. The summed E-state index contributed by atoms with van der Waals surface area (Å²) < 4.78 is 0. The van der Waals surface area contributed by atoms with Gasteiger partial charge in [-0.05, 0) is 68.6 Å². The average Bonchev–Trinajstić information content (AvgIpc) is 2.14. The maximum absolute atomic E-state index is 9.76. The second-order valence-electron chi connectivity index (χ2n) is 6.55. The second-order valence-corrected chi connectivity index (χ2v) is 6.55. The van der Waals surface area contributed by atoms with Gasteiger partial charge in [0.05, 0.1) is 6.10 Å². The number of nitrogens with two attached hydrogens (primary N) is 1. The molecule has 4 bridgehead atoms. The summed E-state index contributed by atoms with van der Waals surface area (Å²) in [6, 6.07) is 0.0194. The molecule has 2 atom stereocenters. The Hall–Kier alpha value is 0.210. The highest BCUT2D eigenvalue weighted by atomic mass is 35.5. The molecule has 0 aromatic carbocycles. The molecule has 0 heterocycles. The van der Waals surface area contributed by atoms with Gasteiger partial charge >= 0.3 is 0 Å². The molecule has 0 aliphatic heterocycles. The van der Waals surface area contributed by atoms with E-state index in [1.165, 1.54) is 38.5 Å². The fourth-order valence-corrected chi connectivity index (χ4v) is 5.10. The molecule has 3 heteroatoms. The lowest BCUT2D eigenvalue weighted by Gasteiger charge is -2.59. The van der Waals surface area contributed by atoms with Crippen LogP contribution in [-0.4, -0.2) is 17.3 Å². The van der Waals surface area contributed by atoms with Crippen molar-refractivity contribution in [2.45, 2.75) is 57.6 Å². The van der Waals surface area contributed by atoms with Gasteiger partial charge in [0.15, 0.2) is 0 Å². The highest BCUT2D eigenvalue weighted by Crippen LogP contribution is 2.61. The number of hydrogen-bond donors (Lipinski definition) is 2. The first-order valence-corrected chi connectivity index (χ1v) is 6.53. The van der Waals surface area contributed by atoms with Crippen molar-refractivity contribution in [3.05, 3.63) is 0 Å². The van der Waals surface area contributed by atoms with Gasteiger partial charge in [0.1, 0.15) is 0 Å². The molecule has 0 aromatic heterocycles. The largest absolute Gasteiger partial charge is 0.392 e. The first-order chi connectivity index (χ1) is 7.09. The minimum atomic E-state index is -0.332. The molecule has 0 radical (unpaired) electrons. The molecule has 4 rings (SSSR count). The molecule has 16 heavy (non-hydrogen) atoms. The fraction of sp³-hybridized carbons (Fsp3) is 1.00. The van der Waals surface area contributed by atoms with E-state index in [1.54, 1.807) is 0 Å². The summed E-state index contributed by atoms with van der Waals surface area (Å²) in [4.78, 5) is 0. The molecule has 0 amide bonds. The van der Waals surface area contributed by atoms with E-state index < -0.39 is 0 Å². The van der Waals surface area contributed by atoms with E-state index in [1.807, 2.05) is 6.92 Å². The standard InChI is InChI=1S/C13H23NO.ClH/c1-8(15)12(14)13-5-9-2-10(6-13)4-11(3-9)7-13;/h8-12,15H,2-7,14H2,1H3;1H. The fourth-order valence-electron chi connectivity index (χ4n) is 5.10. The molecule has 0 saturated heterocycles. The first-order valence-electron chi connectivity index (χ1n) is 6.53. The highest BCUT2D eigenvalue weighted by molar-refractivity contribution is 5.85. The lowest BCUT2D eigenvalue weighted by Crippen LogP contribution is -2.57. The Kier molecular flexibility index (Phi) is 3.28. The second kappa shape index (κ2) is 4.15. The normalized spacial score (nSPS) is 48.6. The van der Waals surface area contributed by atoms with Gasteiger partial charge in [-0.3, -0.25) is 0 Å². The van der Waals surface area contributed by atoms with Crippen LogP contribution in [0.25, 0.3) is 0 Å². The van der Waals surface area contributed by atoms with E-state index >= 15 is 0 Å².